The number of esters is 1. The van der Waals surface area contributed by atoms with Crippen molar-refractivity contribution in [2.24, 2.45) is 0 Å². The van der Waals surface area contributed by atoms with Crippen molar-refractivity contribution in [3.63, 3.8) is 0 Å². The molecule has 4 nitrogen and oxygen atoms in total. The van der Waals surface area contributed by atoms with Crippen LogP contribution in [0.4, 0.5) is 5.69 Å². The van der Waals surface area contributed by atoms with Gasteiger partial charge in [0.05, 0.1) is 0 Å². The van der Waals surface area contributed by atoms with Crippen molar-refractivity contribution in [2.75, 3.05) is 11.9 Å². The predicted octanol–water partition coefficient (Wildman–Crippen LogP) is 2.28. The zero-order chi connectivity index (χ0) is 14.1. The average molecular weight is 259 g/mol. The summed E-state index contributed by atoms with van der Waals surface area (Å²) in [5.74, 6) is 1.72. The fourth-order valence-corrected chi connectivity index (χ4v) is 1.45. The molecule has 0 radical (unpaired) electrons. The molecule has 4 heteroatoms. The second-order valence-corrected chi connectivity index (χ2v) is 4.13. The van der Waals surface area contributed by atoms with Gasteiger partial charge in [-0.3, -0.25) is 9.59 Å². The molecule has 1 aromatic rings. The highest BCUT2D eigenvalue weighted by molar-refractivity contribution is 5.90. The van der Waals surface area contributed by atoms with Gasteiger partial charge in [-0.1, -0.05) is 23.6 Å². The molecule has 0 fully saturated rings. The molecule has 100 valence electrons. The number of carbonyl (C=O) groups is 2. The second kappa shape index (κ2) is 7.93. The summed E-state index contributed by atoms with van der Waals surface area (Å²) in [6, 6.07) is 7.53. The Kier molecular flexibility index (Phi) is 6.17. The van der Waals surface area contributed by atoms with Crippen molar-refractivity contribution >= 4 is 17.6 Å². The quantitative estimate of drug-likeness (QED) is 0.630. The molecule has 0 heterocycles. The first-order valence-electron chi connectivity index (χ1n) is 6.07. The van der Waals surface area contributed by atoms with Crippen LogP contribution in [-0.4, -0.2) is 18.5 Å². The fraction of sp³-hybridized carbons (Fsp3) is 0.333. The van der Waals surface area contributed by atoms with Crippen molar-refractivity contribution < 1.29 is 14.3 Å². The van der Waals surface area contributed by atoms with Gasteiger partial charge < -0.3 is 10.1 Å². The van der Waals surface area contributed by atoms with E-state index in [4.69, 9.17) is 11.2 Å². The number of nitrogens with one attached hydrogen (secondary N) is 1. The predicted molar refractivity (Wildman–Crippen MR) is 73.5 cm³/mol. The molecule has 0 aromatic heterocycles. The highest BCUT2D eigenvalue weighted by atomic mass is 16.5. The summed E-state index contributed by atoms with van der Waals surface area (Å²) in [5, 5.41) is 2.76. The van der Waals surface area contributed by atoms with E-state index in [9.17, 15) is 9.59 Å². The number of aryl methyl sites for hydroxylation is 1. The molecule has 0 unspecified atom stereocenters. The van der Waals surface area contributed by atoms with Crippen molar-refractivity contribution in [3.05, 3.63) is 29.8 Å². The number of benzene rings is 1. The number of amides is 1. The van der Waals surface area contributed by atoms with Crippen LogP contribution in [0.2, 0.25) is 0 Å². The second-order valence-electron chi connectivity index (χ2n) is 4.13. The zero-order valence-electron chi connectivity index (χ0n) is 10.9. The third-order valence-corrected chi connectivity index (χ3v) is 2.44. The van der Waals surface area contributed by atoms with Gasteiger partial charge >= 0.3 is 5.97 Å². The Balaban J connectivity index is 2.23. The van der Waals surface area contributed by atoms with Crippen LogP contribution in [0.3, 0.4) is 0 Å². The number of terminal acetylenes is 1. The molecule has 0 aliphatic rings. The third kappa shape index (κ3) is 6.27. The minimum absolute atomic E-state index is 0.0194. The summed E-state index contributed by atoms with van der Waals surface area (Å²) in [6.45, 7) is 1.96. The number of hydrogen-bond donors (Lipinski definition) is 1. The van der Waals surface area contributed by atoms with Gasteiger partial charge in [-0.05, 0) is 25.5 Å². The topological polar surface area (TPSA) is 55.4 Å². The standard InChI is InChI=1S/C15H17NO3/c1-3-11-19-15(18)6-4-5-14(17)16-13-9-7-12(2)8-10-13/h1,7-10H,4-6,11H2,2H3,(H,16,17). The molecule has 1 amide bonds. The Hall–Kier alpha value is -2.28. The van der Waals surface area contributed by atoms with E-state index in [0.717, 1.165) is 11.3 Å². The number of rotatable bonds is 6. The maximum atomic E-state index is 11.6. The van der Waals surface area contributed by atoms with Gasteiger partial charge in [-0.15, -0.1) is 6.42 Å². The van der Waals surface area contributed by atoms with E-state index < -0.39 is 0 Å². The Morgan fingerprint density at radius 2 is 1.95 bits per heavy atom. The molecular formula is C15H17NO3. The van der Waals surface area contributed by atoms with Crippen LogP contribution in [0.25, 0.3) is 0 Å². The summed E-state index contributed by atoms with van der Waals surface area (Å²) < 4.78 is 4.70. The summed E-state index contributed by atoms with van der Waals surface area (Å²) in [7, 11) is 0. The fourth-order valence-electron chi connectivity index (χ4n) is 1.45. The largest absolute Gasteiger partial charge is 0.452 e. The van der Waals surface area contributed by atoms with Crippen LogP contribution in [-0.2, 0) is 14.3 Å². The lowest BCUT2D eigenvalue weighted by molar-refractivity contribution is -0.142. The van der Waals surface area contributed by atoms with E-state index >= 15 is 0 Å². The highest BCUT2D eigenvalue weighted by Gasteiger charge is 2.06. The van der Waals surface area contributed by atoms with Crippen molar-refractivity contribution in [2.45, 2.75) is 26.2 Å². The third-order valence-electron chi connectivity index (χ3n) is 2.44. The number of ether oxygens (including phenoxy) is 1. The lowest BCUT2D eigenvalue weighted by atomic mass is 10.2. The normalized spacial score (nSPS) is 9.47. The zero-order valence-corrected chi connectivity index (χ0v) is 10.9. The van der Waals surface area contributed by atoms with Crippen molar-refractivity contribution in [3.8, 4) is 12.3 Å². The molecule has 0 aliphatic heterocycles. The van der Waals surface area contributed by atoms with Crippen LogP contribution < -0.4 is 5.32 Å². The first-order chi connectivity index (χ1) is 9.11. The summed E-state index contributed by atoms with van der Waals surface area (Å²) >= 11 is 0. The van der Waals surface area contributed by atoms with Crippen LogP contribution in [0.1, 0.15) is 24.8 Å². The van der Waals surface area contributed by atoms with Crippen LogP contribution in [0, 0.1) is 19.3 Å². The Morgan fingerprint density at radius 1 is 1.26 bits per heavy atom. The molecule has 0 aliphatic carbocycles. The maximum Gasteiger partial charge on any atom is 0.306 e. The van der Waals surface area contributed by atoms with E-state index in [0.29, 0.717) is 6.42 Å². The van der Waals surface area contributed by atoms with Gasteiger partial charge in [0.15, 0.2) is 6.61 Å². The lowest BCUT2D eigenvalue weighted by Gasteiger charge is -2.05. The van der Waals surface area contributed by atoms with E-state index in [1.165, 1.54) is 0 Å². The van der Waals surface area contributed by atoms with E-state index in [-0.39, 0.29) is 31.3 Å². The summed E-state index contributed by atoms with van der Waals surface area (Å²) in [6.07, 6.45) is 5.88. The molecule has 1 N–H and O–H groups in total. The van der Waals surface area contributed by atoms with Crippen LogP contribution in [0.15, 0.2) is 24.3 Å². The van der Waals surface area contributed by atoms with Crippen LogP contribution >= 0.6 is 0 Å². The van der Waals surface area contributed by atoms with Crippen LogP contribution in [0.5, 0.6) is 0 Å². The molecule has 1 rings (SSSR count). The molecule has 0 atom stereocenters. The SMILES string of the molecule is C#CCOC(=O)CCCC(=O)Nc1ccc(C)cc1. The molecule has 1 aromatic carbocycles. The minimum atomic E-state index is -0.374. The monoisotopic (exact) mass is 259 g/mol. The van der Waals surface area contributed by atoms with E-state index in [1.54, 1.807) is 0 Å². The number of carbonyl (C=O) groups excluding carboxylic acids is 2. The van der Waals surface area contributed by atoms with Crippen molar-refractivity contribution in [1.82, 2.24) is 0 Å². The summed E-state index contributed by atoms with van der Waals surface area (Å²) in [4.78, 5) is 22.7. The molecule has 0 bridgehead atoms. The first kappa shape index (κ1) is 14.8. The van der Waals surface area contributed by atoms with Gasteiger partial charge in [0.1, 0.15) is 0 Å². The number of hydrogen-bond acceptors (Lipinski definition) is 3. The van der Waals surface area contributed by atoms with Crippen molar-refractivity contribution in [1.29, 1.82) is 0 Å². The van der Waals surface area contributed by atoms with Gasteiger partial charge in [-0.2, -0.15) is 0 Å². The average Bonchev–Trinajstić information content (AvgIpc) is 2.39. The maximum absolute atomic E-state index is 11.6. The highest BCUT2D eigenvalue weighted by Crippen LogP contribution is 2.09. The molecule has 0 spiro atoms. The number of anilines is 1. The molecule has 19 heavy (non-hydrogen) atoms. The van der Waals surface area contributed by atoms with Gasteiger partial charge in [-0.25, -0.2) is 0 Å². The Labute approximate surface area is 113 Å². The van der Waals surface area contributed by atoms with Gasteiger partial charge in [0, 0.05) is 18.5 Å². The Morgan fingerprint density at radius 3 is 2.58 bits per heavy atom. The molecular weight excluding hydrogens is 242 g/mol. The molecule has 0 saturated carbocycles. The minimum Gasteiger partial charge on any atom is -0.452 e. The van der Waals surface area contributed by atoms with Gasteiger partial charge in [0.2, 0.25) is 5.91 Å². The smallest absolute Gasteiger partial charge is 0.306 e. The first-order valence-corrected chi connectivity index (χ1v) is 6.07. The van der Waals surface area contributed by atoms with E-state index in [1.807, 2.05) is 31.2 Å². The van der Waals surface area contributed by atoms with E-state index in [2.05, 4.69) is 11.2 Å². The Bertz CT molecular complexity index is 471. The lowest BCUT2D eigenvalue weighted by Crippen LogP contribution is -2.12. The van der Waals surface area contributed by atoms with Gasteiger partial charge in [0.25, 0.3) is 0 Å². The summed E-state index contributed by atoms with van der Waals surface area (Å²) in [5.41, 5.74) is 1.89. The molecule has 0 saturated heterocycles.